The monoisotopic (exact) mass is 713 g/mol. The van der Waals surface area contributed by atoms with Crippen LogP contribution >= 0.6 is 0 Å². The number of nitrogens with one attached hydrogen (secondary N) is 1. The lowest BCUT2D eigenvalue weighted by atomic mass is 10.0. The number of rotatable bonds is 14. The van der Waals surface area contributed by atoms with Crippen LogP contribution in [0.2, 0.25) is 0 Å². The Kier molecular flexibility index (Phi) is 11.1. The lowest BCUT2D eigenvalue weighted by Crippen LogP contribution is -2.27. The number of azo groups is 1. The van der Waals surface area contributed by atoms with E-state index in [1.165, 1.54) is 18.0 Å². The molecule has 0 spiro atoms. The molecule has 4 rings (SSSR count). The predicted octanol–water partition coefficient (Wildman–Crippen LogP) is 3.83. The second-order valence-electron chi connectivity index (χ2n) is 9.82. The zero-order chi connectivity index (χ0) is 34.5. The average molecular weight is 714 g/mol. The van der Waals surface area contributed by atoms with Crippen molar-refractivity contribution in [2.24, 2.45) is 10.2 Å². The molecular weight excluding hydrogens is 686 g/mol. The summed E-state index contributed by atoms with van der Waals surface area (Å²) in [6.07, 6.45) is -1.24. The van der Waals surface area contributed by atoms with Crippen molar-refractivity contribution in [2.45, 2.75) is 18.7 Å². The number of phenols is 1. The average Bonchev–Trinajstić information content (AvgIpc) is 2.97. The van der Waals surface area contributed by atoms with Crippen LogP contribution in [0.4, 0.5) is 33.3 Å². The molecular formula is C26H28FN7O10S3. The van der Waals surface area contributed by atoms with Gasteiger partial charge < -0.3 is 15.3 Å². The highest BCUT2D eigenvalue weighted by Crippen LogP contribution is 2.44. The van der Waals surface area contributed by atoms with E-state index >= 15 is 0 Å². The van der Waals surface area contributed by atoms with Crippen molar-refractivity contribution in [1.29, 1.82) is 0 Å². The van der Waals surface area contributed by atoms with Crippen LogP contribution in [0.25, 0.3) is 10.8 Å². The summed E-state index contributed by atoms with van der Waals surface area (Å²) in [5.41, 5.74) is 1.86. The Morgan fingerprint density at radius 3 is 2.36 bits per heavy atom. The Hall–Kier alpha value is -4.25. The molecule has 4 N–H and O–H groups in total. The molecule has 0 aliphatic rings. The lowest BCUT2D eigenvalue weighted by molar-refractivity contribution is 0.212. The third-order valence-corrected chi connectivity index (χ3v) is 8.50. The van der Waals surface area contributed by atoms with Gasteiger partial charge in [0, 0.05) is 19.0 Å². The molecule has 1 heterocycles. The summed E-state index contributed by atoms with van der Waals surface area (Å²) in [6, 6.07) is 10.8. The topological polar surface area (TPSA) is 243 Å². The normalized spacial score (nSPS) is 12.9. The first-order valence-electron chi connectivity index (χ1n) is 13.3. The van der Waals surface area contributed by atoms with Gasteiger partial charge in [-0.25, -0.2) is 8.39 Å². The molecule has 0 saturated carbocycles. The highest BCUT2D eigenvalue weighted by molar-refractivity contribution is 7.85. The molecule has 1 unspecified atom stereocenters. The summed E-state index contributed by atoms with van der Waals surface area (Å²) in [6.45, 7) is 2.48. The van der Waals surface area contributed by atoms with Crippen LogP contribution in [-0.2, 0) is 40.0 Å². The van der Waals surface area contributed by atoms with Gasteiger partial charge in [0.25, 0.3) is 10.1 Å². The number of fused-ring (bicyclic) bond motifs is 1. The van der Waals surface area contributed by atoms with Crippen molar-refractivity contribution in [3.63, 3.8) is 0 Å². The minimum absolute atomic E-state index is 0.0297. The number of aromatic hydroxyl groups is 1. The third kappa shape index (κ3) is 9.87. The van der Waals surface area contributed by atoms with Crippen LogP contribution in [-0.4, -0.2) is 82.8 Å². The van der Waals surface area contributed by atoms with E-state index in [0.717, 1.165) is 17.7 Å². The molecule has 1 atom stereocenters. The summed E-state index contributed by atoms with van der Waals surface area (Å²) in [4.78, 5) is 12.1. The molecule has 47 heavy (non-hydrogen) atoms. The molecule has 0 radical (unpaired) electrons. The van der Waals surface area contributed by atoms with Gasteiger partial charge in [-0.1, -0.05) is 17.7 Å². The van der Waals surface area contributed by atoms with Crippen molar-refractivity contribution >= 4 is 71.3 Å². The maximum atomic E-state index is 14.5. The Morgan fingerprint density at radius 2 is 1.70 bits per heavy atom. The molecule has 0 fully saturated rings. The van der Waals surface area contributed by atoms with Crippen molar-refractivity contribution < 1.29 is 48.0 Å². The van der Waals surface area contributed by atoms with Gasteiger partial charge in [-0.2, -0.15) is 41.3 Å². The maximum Gasteiger partial charge on any atom is 0.397 e. The number of hydrogen-bond acceptors (Lipinski definition) is 15. The van der Waals surface area contributed by atoms with E-state index in [9.17, 15) is 35.1 Å². The Morgan fingerprint density at radius 1 is 1.00 bits per heavy atom. The maximum absolute atomic E-state index is 14.5. The molecule has 0 saturated heterocycles. The molecule has 0 aliphatic carbocycles. The number of nitrogens with zero attached hydrogens (tertiary/aromatic N) is 6. The van der Waals surface area contributed by atoms with E-state index in [1.54, 1.807) is 19.1 Å². The second kappa shape index (κ2) is 14.7. The molecule has 252 valence electrons. The molecule has 0 amide bonds. The summed E-state index contributed by atoms with van der Waals surface area (Å²) in [7, 11) is -7.98. The number of anilines is 3. The molecule has 0 bridgehead atoms. The van der Waals surface area contributed by atoms with Crippen molar-refractivity contribution in [3.05, 3.63) is 59.7 Å². The largest absolute Gasteiger partial charge is 0.505 e. The minimum Gasteiger partial charge on any atom is -0.505 e. The summed E-state index contributed by atoms with van der Waals surface area (Å²) >= 11 is -1.94. The Bertz CT molecular complexity index is 2070. The molecule has 21 heteroatoms. The minimum atomic E-state index is -4.75. The van der Waals surface area contributed by atoms with Gasteiger partial charge in [0.15, 0.2) is 16.8 Å². The van der Waals surface area contributed by atoms with Gasteiger partial charge >= 0.3 is 16.5 Å². The molecule has 4 aromatic rings. The summed E-state index contributed by atoms with van der Waals surface area (Å²) in [5.74, 6) is -1.23. The van der Waals surface area contributed by atoms with E-state index in [2.05, 4.69) is 34.7 Å². The first kappa shape index (κ1) is 35.6. The van der Waals surface area contributed by atoms with Crippen molar-refractivity contribution in [3.8, 4) is 5.75 Å². The van der Waals surface area contributed by atoms with E-state index in [-0.39, 0.29) is 40.4 Å². The van der Waals surface area contributed by atoms with Crippen LogP contribution in [0.1, 0.15) is 11.1 Å². The smallest absolute Gasteiger partial charge is 0.397 e. The van der Waals surface area contributed by atoms with Crippen LogP contribution in [0.3, 0.4) is 0 Å². The fourth-order valence-corrected chi connectivity index (χ4v) is 5.65. The van der Waals surface area contributed by atoms with Crippen molar-refractivity contribution in [2.75, 3.05) is 42.8 Å². The Labute approximate surface area is 270 Å². The summed E-state index contributed by atoms with van der Waals surface area (Å²) < 4.78 is 99.2. The van der Waals surface area contributed by atoms with E-state index in [4.69, 9.17) is 8.74 Å². The predicted molar refractivity (Wildman–Crippen MR) is 168 cm³/mol. The molecule has 3 aromatic carbocycles. The van der Waals surface area contributed by atoms with Crippen molar-refractivity contribution in [1.82, 2.24) is 15.0 Å². The van der Waals surface area contributed by atoms with Gasteiger partial charge in [0.05, 0.1) is 35.2 Å². The van der Waals surface area contributed by atoms with Gasteiger partial charge in [0.2, 0.25) is 11.9 Å². The zero-order valence-corrected chi connectivity index (χ0v) is 27.3. The highest BCUT2D eigenvalue weighted by Gasteiger charge is 2.21. The number of hydrogen-bond donors (Lipinski definition) is 4. The fraction of sp³-hybridized carbons (Fsp3) is 0.269. The van der Waals surface area contributed by atoms with Crippen LogP contribution in [0.5, 0.6) is 5.75 Å². The van der Waals surface area contributed by atoms with Gasteiger partial charge in [0.1, 0.15) is 5.69 Å². The zero-order valence-electron chi connectivity index (χ0n) is 24.9. The van der Waals surface area contributed by atoms with Crippen LogP contribution in [0, 0.1) is 19.9 Å². The lowest BCUT2D eigenvalue weighted by Gasteiger charge is -2.18. The first-order chi connectivity index (χ1) is 22.0. The Balaban J connectivity index is 1.64. The summed E-state index contributed by atoms with van der Waals surface area (Å²) in [5, 5.41) is 22.5. The van der Waals surface area contributed by atoms with E-state index in [0.29, 0.717) is 11.3 Å². The van der Waals surface area contributed by atoms with E-state index < -0.39 is 67.5 Å². The number of benzene rings is 3. The van der Waals surface area contributed by atoms with Gasteiger partial charge in [-0.05, 0) is 55.1 Å². The van der Waals surface area contributed by atoms with E-state index in [1.807, 2.05) is 19.1 Å². The number of phenolic OH excluding ortho intramolecular Hbond substituents is 1. The number of aromatic nitrogens is 3. The number of halogens is 1. The molecule has 17 nitrogen and oxygen atoms in total. The fourth-order valence-electron chi connectivity index (χ4n) is 4.04. The quantitative estimate of drug-likeness (QED) is 0.0824. The third-order valence-electron chi connectivity index (χ3n) is 6.25. The SMILES string of the molecule is Cc1ccc(N=Nc2c(C)cc3cc(S(=O)(=O)O)cc(Nc4nc(F)nc(N(C)CCS(=O)OCCOS(=O)(=O)O)n4)c3c2O)cc1. The number of aryl methyl sites for hydroxylation is 2. The standard InChI is InChI=1S/C26H28FN7O10S3/c1-15-4-6-18(7-5-15)32-33-22-16(2)12-17-13-19(46(37,38)39)14-20(21(17)23(22)35)28-25-29-24(27)30-26(31-25)34(3)8-11-45(36)43-9-10-44-47(40,41)42/h4-7,12-14,35H,8-11H2,1-3H3,(H,37,38,39)(H,40,41,42)(H,28,29,30,31). The van der Waals surface area contributed by atoms with Crippen LogP contribution in [0.15, 0.2) is 57.6 Å². The first-order valence-corrected chi connectivity index (χ1v) is 17.3. The van der Waals surface area contributed by atoms with Gasteiger partial charge in [-0.3, -0.25) is 13.3 Å². The van der Waals surface area contributed by atoms with Gasteiger partial charge in [-0.15, -0.1) is 5.11 Å². The molecule has 0 aliphatic heterocycles. The second-order valence-corrected chi connectivity index (χ2v) is 13.6. The highest BCUT2D eigenvalue weighted by atomic mass is 32.3. The molecule has 1 aromatic heterocycles. The van der Waals surface area contributed by atoms with Crippen LogP contribution < -0.4 is 10.2 Å².